The molecule has 5 heteroatoms. The van der Waals surface area contributed by atoms with Gasteiger partial charge in [0.05, 0.1) is 0 Å². The van der Waals surface area contributed by atoms with E-state index in [9.17, 15) is 4.79 Å². The topological polar surface area (TPSA) is 61.6 Å². The van der Waals surface area contributed by atoms with Crippen molar-refractivity contribution in [2.75, 3.05) is 32.0 Å². The Morgan fingerprint density at radius 3 is 2.95 bits per heavy atom. The molecule has 3 N–H and O–H groups in total. The van der Waals surface area contributed by atoms with Gasteiger partial charge in [0.2, 0.25) is 0 Å². The third kappa shape index (κ3) is 3.45. The molecule has 0 bridgehead atoms. The van der Waals surface area contributed by atoms with Crippen molar-refractivity contribution in [3.8, 4) is 0 Å². The van der Waals surface area contributed by atoms with Gasteiger partial charge in [-0.25, -0.2) is 4.79 Å². The molecular formula is C14H22N4O. The van der Waals surface area contributed by atoms with E-state index in [1.165, 1.54) is 0 Å². The molecule has 0 saturated carbocycles. The Hall–Kier alpha value is -1.59. The third-order valence-electron chi connectivity index (χ3n) is 3.51. The van der Waals surface area contributed by atoms with Gasteiger partial charge in [0.15, 0.2) is 0 Å². The predicted molar refractivity (Wildman–Crippen MR) is 77.0 cm³/mol. The molecule has 5 nitrogen and oxygen atoms in total. The first-order valence-corrected chi connectivity index (χ1v) is 6.65. The number of piperazine rings is 1. The van der Waals surface area contributed by atoms with Gasteiger partial charge in [-0.05, 0) is 31.7 Å². The minimum absolute atomic E-state index is 0.0326. The van der Waals surface area contributed by atoms with Crippen LogP contribution in [0.3, 0.4) is 0 Å². The summed E-state index contributed by atoms with van der Waals surface area (Å²) in [5.74, 6) is 0. The summed E-state index contributed by atoms with van der Waals surface area (Å²) in [5.41, 5.74) is 7.42. The van der Waals surface area contributed by atoms with Gasteiger partial charge in [0.1, 0.15) is 0 Å². The number of carbonyl (C=O) groups is 1. The van der Waals surface area contributed by atoms with Gasteiger partial charge in [-0.2, -0.15) is 0 Å². The quantitative estimate of drug-likeness (QED) is 0.845. The minimum Gasteiger partial charge on any atom is -0.326 e. The van der Waals surface area contributed by atoms with Gasteiger partial charge in [-0.3, -0.25) is 0 Å². The van der Waals surface area contributed by atoms with E-state index in [1.54, 1.807) is 0 Å². The number of likely N-dealkylation sites (N-methyl/N-ethyl adjacent to an activating group) is 1. The maximum Gasteiger partial charge on any atom is 0.322 e. The summed E-state index contributed by atoms with van der Waals surface area (Å²) >= 11 is 0. The number of anilines is 1. The average molecular weight is 262 g/mol. The molecule has 1 heterocycles. The van der Waals surface area contributed by atoms with Crippen molar-refractivity contribution in [3.05, 3.63) is 29.8 Å². The van der Waals surface area contributed by atoms with Crippen LogP contribution in [-0.4, -0.2) is 48.6 Å². The molecule has 1 aliphatic rings. The van der Waals surface area contributed by atoms with E-state index in [1.807, 2.05) is 29.2 Å². The van der Waals surface area contributed by atoms with E-state index < -0.39 is 0 Å². The van der Waals surface area contributed by atoms with E-state index in [4.69, 9.17) is 5.73 Å². The number of nitrogens with one attached hydrogen (secondary N) is 1. The minimum atomic E-state index is -0.0326. The first-order chi connectivity index (χ1) is 9.10. The number of amides is 2. The summed E-state index contributed by atoms with van der Waals surface area (Å²) in [6, 6.07) is 7.86. The van der Waals surface area contributed by atoms with Gasteiger partial charge >= 0.3 is 6.03 Å². The SMILES string of the molecule is CC1CN(C)CCN1C(=O)Nc1cccc(CN)c1. The largest absolute Gasteiger partial charge is 0.326 e. The van der Waals surface area contributed by atoms with Gasteiger partial charge in [0, 0.05) is 37.9 Å². The monoisotopic (exact) mass is 262 g/mol. The van der Waals surface area contributed by atoms with Gasteiger partial charge in [0.25, 0.3) is 0 Å². The summed E-state index contributed by atoms with van der Waals surface area (Å²) in [4.78, 5) is 16.4. The summed E-state index contributed by atoms with van der Waals surface area (Å²) in [5, 5.41) is 2.94. The molecule has 1 atom stereocenters. The zero-order valence-corrected chi connectivity index (χ0v) is 11.6. The van der Waals surface area contributed by atoms with Crippen LogP contribution in [0.25, 0.3) is 0 Å². The standard InChI is InChI=1S/C14H22N4O/c1-11-10-17(2)6-7-18(11)14(19)16-13-5-3-4-12(8-13)9-15/h3-5,8,11H,6-7,9-10,15H2,1-2H3,(H,16,19). The fraction of sp³-hybridized carbons (Fsp3) is 0.500. The molecule has 19 heavy (non-hydrogen) atoms. The van der Waals surface area contributed by atoms with Crippen molar-refractivity contribution in [1.82, 2.24) is 9.80 Å². The Kier molecular flexibility index (Phi) is 4.39. The third-order valence-corrected chi connectivity index (χ3v) is 3.51. The molecule has 2 rings (SSSR count). The zero-order valence-electron chi connectivity index (χ0n) is 11.6. The lowest BCUT2D eigenvalue weighted by Gasteiger charge is -2.38. The van der Waals surface area contributed by atoms with Gasteiger partial charge in [-0.15, -0.1) is 0 Å². The molecule has 1 unspecified atom stereocenters. The lowest BCUT2D eigenvalue weighted by Crippen LogP contribution is -2.53. The van der Waals surface area contributed by atoms with Crippen molar-refractivity contribution < 1.29 is 4.79 Å². The Balaban J connectivity index is 2.00. The Morgan fingerprint density at radius 1 is 1.47 bits per heavy atom. The molecule has 0 spiro atoms. The molecule has 1 aromatic carbocycles. The Bertz CT molecular complexity index is 449. The van der Waals surface area contributed by atoms with Crippen LogP contribution in [0.4, 0.5) is 10.5 Å². The van der Waals surface area contributed by atoms with Crippen LogP contribution >= 0.6 is 0 Å². The highest BCUT2D eigenvalue weighted by Gasteiger charge is 2.25. The van der Waals surface area contributed by atoms with Crippen LogP contribution in [0.2, 0.25) is 0 Å². The smallest absolute Gasteiger partial charge is 0.322 e. The highest BCUT2D eigenvalue weighted by atomic mass is 16.2. The number of rotatable bonds is 2. The van der Waals surface area contributed by atoms with E-state index in [-0.39, 0.29) is 12.1 Å². The second-order valence-corrected chi connectivity index (χ2v) is 5.14. The highest BCUT2D eigenvalue weighted by molar-refractivity contribution is 5.89. The number of hydrogen-bond donors (Lipinski definition) is 2. The van der Waals surface area contributed by atoms with E-state index in [0.717, 1.165) is 30.9 Å². The fourth-order valence-electron chi connectivity index (χ4n) is 2.41. The average Bonchev–Trinajstić information content (AvgIpc) is 2.38. The molecule has 0 aromatic heterocycles. The number of carbonyl (C=O) groups excluding carboxylic acids is 1. The summed E-state index contributed by atoms with van der Waals surface area (Å²) in [7, 11) is 2.08. The van der Waals surface area contributed by atoms with Crippen LogP contribution in [0.1, 0.15) is 12.5 Å². The number of benzene rings is 1. The normalized spacial score (nSPS) is 20.4. The van der Waals surface area contributed by atoms with E-state index >= 15 is 0 Å². The second kappa shape index (κ2) is 6.04. The van der Waals surface area contributed by atoms with Crippen molar-refractivity contribution in [2.24, 2.45) is 5.73 Å². The molecule has 0 radical (unpaired) electrons. The van der Waals surface area contributed by atoms with Crippen molar-refractivity contribution >= 4 is 11.7 Å². The first-order valence-electron chi connectivity index (χ1n) is 6.65. The van der Waals surface area contributed by atoms with Crippen LogP contribution in [-0.2, 0) is 6.54 Å². The van der Waals surface area contributed by atoms with Gasteiger partial charge in [-0.1, -0.05) is 12.1 Å². The lowest BCUT2D eigenvalue weighted by atomic mass is 10.2. The van der Waals surface area contributed by atoms with Crippen molar-refractivity contribution in [3.63, 3.8) is 0 Å². The maximum absolute atomic E-state index is 12.2. The molecule has 2 amide bonds. The highest BCUT2D eigenvalue weighted by Crippen LogP contribution is 2.14. The van der Waals surface area contributed by atoms with E-state index in [0.29, 0.717) is 6.54 Å². The van der Waals surface area contributed by atoms with E-state index in [2.05, 4.69) is 24.2 Å². The molecule has 104 valence electrons. The van der Waals surface area contributed by atoms with Crippen LogP contribution in [0.15, 0.2) is 24.3 Å². The molecule has 1 aliphatic heterocycles. The van der Waals surface area contributed by atoms with Crippen molar-refractivity contribution in [2.45, 2.75) is 19.5 Å². The molecule has 1 saturated heterocycles. The zero-order chi connectivity index (χ0) is 13.8. The second-order valence-electron chi connectivity index (χ2n) is 5.14. The van der Waals surface area contributed by atoms with Gasteiger partial charge < -0.3 is 20.9 Å². The van der Waals surface area contributed by atoms with Crippen molar-refractivity contribution in [1.29, 1.82) is 0 Å². The Labute approximate surface area is 114 Å². The number of hydrogen-bond acceptors (Lipinski definition) is 3. The maximum atomic E-state index is 12.2. The summed E-state index contributed by atoms with van der Waals surface area (Å²) < 4.78 is 0. The fourth-order valence-corrected chi connectivity index (χ4v) is 2.41. The number of urea groups is 1. The molecule has 1 aromatic rings. The van der Waals surface area contributed by atoms with Crippen LogP contribution in [0.5, 0.6) is 0 Å². The lowest BCUT2D eigenvalue weighted by molar-refractivity contribution is 0.125. The number of nitrogens with zero attached hydrogens (tertiary/aromatic N) is 2. The molecule has 0 aliphatic carbocycles. The Morgan fingerprint density at radius 2 is 2.26 bits per heavy atom. The van der Waals surface area contributed by atoms with Crippen LogP contribution < -0.4 is 11.1 Å². The van der Waals surface area contributed by atoms with Crippen LogP contribution in [0, 0.1) is 0 Å². The summed E-state index contributed by atoms with van der Waals surface area (Å²) in [6.45, 7) is 5.15. The number of nitrogens with two attached hydrogens (primary N) is 1. The molecule has 1 fully saturated rings. The summed E-state index contributed by atoms with van der Waals surface area (Å²) in [6.07, 6.45) is 0. The molecular weight excluding hydrogens is 240 g/mol. The predicted octanol–water partition coefficient (Wildman–Crippen LogP) is 1.31. The first kappa shape index (κ1) is 13.8.